The molecular weight excluding hydrogens is 412 g/mol. The normalized spacial score (nSPS) is 16.8. The summed E-state index contributed by atoms with van der Waals surface area (Å²) >= 11 is 0. The highest BCUT2D eigenvalue weighted by molar-refractivity contribution is 5.86. The van der Waals surface area contributed by atoms with Gasteiger partial charge < -0.3 is 19.4 Å². The predicted molar refractivity (Wildman–Crippen MR) is 128 cm³/mol. The van der Waals surface area contributed by atoms with E-state index >= 15 is 0 Å². The summed E-state index contributed by atoms with van der Waals surface area (Å²) in [6.45, 7) is 3.10. The molecule has 5 nitrogen and oxygen atoms in total. The molecule has 1 aromatic heterocycles. The SMILES string of the molecule is Cc1ccccc1C1c2[nH]c3ccccc3c2CCN1C(=O)CCc1ccc2c(c1)OCO2. The number of nitrogens with one attached hydrogen (secondary N) is 1. The van der Waals surface area contributed by atoms with Crippen LogP contribution in [-0.2, 0) is 17.6 Å². The number of hydrogen-bond acceptors (Lipinski definition) is 3. The van der Waals surface area contributed by atoms with E-state index in [1.54, 1.807) is 0 Å². The fraction of sp³-hybridized carbons (Fsp3) is 0.250. The maximum absolute atomic E-state index is 13.6. The number of aromatic nitrogens is 1. The highest BCUT2D eigenvalue weighted by Crippen LogP contribution is 2.40. The van der Waals surface area contributed by atoms with Gasteiger partial charge >= 0.3 is 0 Å². The van der Waals surface area contributed by atoms with Gasteiger partial charge in [0.1, 0.15) is 0 Å². The second-order valence-electron chi connectivity index (χ2n) is 8.85. The summed E-state index contributed by atoms with van der Waals surface area (Å²) in [6, 6.07) is 22.7. The topological polar surface area (TPSA) is 54.6 Å². The number of aromatic amines is 1. The van der Waals surface area contributed by atoms with Gasteiger partial charge in [0.05, 0.1) is 6.04 Å². The lowest BCUT2D eigenvalue weighted by Crippen LogP contribution is -2.41. The second-order valence-corrected chi connectivity index (χ2v) is 8.85. The molecule has 0 saturated heterocycles. The molecule has 1 unspecified atom stereocenters. The first-order valence-corrected chi connectivity index (χ1v) is 11.5. The molecular formula is C28H26N2O3. The Bertz CT molecular complexity index is 1360. The first-order chi connectivity index (χ1) is 16.2. The summed E-state index contributed by atoms with van der Waals surface area (Å²) in [7, 11) is 0. The Morgan fingerprint density at radius 3 is 2.76 bits per heavy atom. The summed E-state index contributed by atoms with van der Waals surface area (Å²) in [5.74, 6) is 1.70. The molecule has 0 saturated carbocycles. The number of amides is 1. The van der Waals surface area contributed by atoms with E-state index in [-0.39, 0.29) is 18.7 Å². The smallest absolute Gasteiger partial charge is 0.231 e. The Hall–Kier alpha value is -3.73. The number of ether oxygens (including phenoxy) is 2. The van der Waals surface area contributed by atoms with Crippen LogP contribution in [0.5, 0.6) is 11.5 Å². The van der Waals surface area contributed by atoms with Gasteiger partial charge in [-0.05, 0) is 60.2 Å². The molecule has 0 spiro atoms. The van der Waals surface area contributed by atoms with Gasteiger partial charge in [-0.15, -0.1) is 0 Å². The first kappa shape index (κ1) is 19.9. The number of hydrogen-bond donors (Lipinski definition) is 1. The van der Waals surface area contributed by atoms with Gasteiger partial charge in [0.25, 0.3) is 0 Å². The van der Waals surface area contributed by atoms with E-state index in [4.69, 9.17) is 9.47 Å². The standard InChI is InChI=1S/C28H26N2O3/c1-18-6-2-3-7-20(18)28-27-22(21-8-4-5-9-23(21)29-27)14-15-30(28)26(31)13-11-19-10-12-24-25(16-19)33-17-32-24/h2-10,12,16,28-29H,11,13-15,17H2,1H3. The molecule has 3 heterocycles. The molecule has 2 aliphatic rings. The van der Waals surface area contributed by atoms with Crippen molar-refractivity contribution in [2.24, 2.45) is 0 Å². The van der Waals surface area contributed by atoms with Crippen LogP contribution in [0, 0.1) is 6.92 Å². The van der Waals surface area contributed by atoms with Gasteiger partial charge in [-0.2, -0.15) is 0 Å². The average molecular weight is 439 g/mol. The van der Waals surface area contributed by atoms with Gasteiger partial charge in [0.15, 0.2) is 11.5 Å². The van der Waals surface area contributed by atoms with Crippen molar-refractivity contribution in [2.75, 3.05) is 13.3 Å². The van der Waals surface area contributed by atoms with Crippen LogP contribution < -0.4 is 9.47 Å². The zero-order valence-corrected chi connectivity index (χ0v) is 18.6. The van der Waals surface area contributed by atoms with Crippen LogP contribution >= 0.6 is 0 Å². The first-order valence-electron chi connectivity index (χ1n) is 11.5. The Balaban J connectivity index is 1.33. The van der Waals surface area contributed by atoms with E-state index in [2.05, 4.69) is 65.3 Å². The van der Waals surface area contributed by atoms with Crippen molar-refractivity contribution in [3.05, 3.63) is 94.7 Å². The Morgan fingerprint density at radius 2 is 1.85 bits per heavy atom. The van der Waals surface area contributed by atoms with E-state index in [0.717, 1.165) is 34.7 Å². The van der Waals surface area contributed by atoms with Crippen molar-refractivity contribution in [3.63, 3.8) is 0 Å². The third kappa shape index (κ3) is 3.44. The van der Waals surface area contributed by atoms with E-state index in [9.17, 15) is 4.79 Å². The van der Waals surface area contributed by atoms with E-state index in [1.807, 2.05) is 18.2 Å². The number of aryl methyl sites for hydroxylation is 2. The summed E-state index contributed by atoms with van der Waals surface area (Å²) in [6.07, 6.45) is 1.99. The van der Waals surface area contributed by atoms with Crippen LogP contribution in [0.25, 0.3) is 10.9 Å². The zero-order valence-electron chi connectivity index (χ0n) is 18.6. The third-order valence-electron chi connectivity index (χ3n) is 6.90. The minimum atomic E-state index is -0.105. The molecule has 1 N–H and O–H groups in total. The number of benzene rings is 3. The maximum Gasteiger partial charge on any atom is 0.231 e. The molecule has 2 aliphatic heterocycles. The highest BCUT2D eigenvalue weighted by atomic mass is 16.7. The van der Waals surface area contributed by atoms with E-state index < -0.39 is 0 Å². The van der Waals surface area contributed by atoms with Gasteiger partial charge in [0.2, 0.25) is 12.7 Å². The molecule has 4 aromatic rings. The number of carbonyl (C=O) groups is 1. The monoisotopic (exact) mass is 438 g/mol. The van der Waals surface area contributed by atoms with Gasteiger partial charge in [-0.3, -0.25) is 4.79 Å². The van der Waals surface area contributed by atoms with Crippen molar-refractivity contribution in [2.45, 2.75) is 32.2 Å². The van der Waals surface area contributed by atoms with Gasteiger partial charge in [-0.25, -0.2) is 0 Å². The third-order valence-corrected chi connectivity index (χ3v) is 6.90. The van der Waals surface area contributed by atoms with Crippen LogP contribution in [0.15, 0.2) is 66.7 Å². The molecule has 166 valence electrons. The lowest BCUT2D eigenvalue weighted by Gasteiger charge is -2.37. The predicted octanol–water partition coefficient (Wildman–Crippen LogP) is 5.31. The van der Waals surface area contributed by atoms with Crippen LogP contribution in [0.2, 0.25) is 0 Å². The van der Waals surface area contributed by atoms with Crippen LogP contribution in [0.3, 0.4) is 0 Å². The molecule has 0 radical (unpaired) electrons. The summed E-state index contributed by atoms with van der Waals surface area (Å²) in [4.78, 5) is 19.3. The quantitative estimate of drug-likeness (QED) is 0.470. The molecule has 1 atom stereocenters. The summed E-state index contributed by atoms with van der Waals surface area (Å²) in [5.41, 5.74) is 7.08. The Kier molecular flexibility index (Phi) is 4.83. The fourth-order valence-electron chi connectivity index (χ4n) is 5.22. The fourth-order valence-corrected chi connectivity index (χ4v) is 5.22. The summed E-state index contributed by atoms with van der Waals surface area (Å²) < 4.78 is 10.9. The molecule has 1 amide bonds. The largest absolute Gasteiger partial charge is 0.454 e. The summed E-state index contributed by atoms with van der Waals surface area (Å²) in [5, 5.41) is 1.26. The van der Waals surface area contributed by atoms with Crippen LogP contribution in [0.1, 0.15) is 40.4 Å². The van der Waals surface area contributed by atoms with Crippen molar-refractivity contribution in [1.29, 1.82) is 0 Å². The van der Waals surface area contributed by atoms with Crippen molar-refractivity contribution in [3.8, 4) is 11.5 Å². The molecule has 0 fully saturated rings. The number of rotatable bonds is 4. The molecule has 6 rings (SSSR count). The van der Waals surface area contributed by atoms with E-state index in [0.29, 0.717) is 19.4 Å². The van der Waals surface area contributed by atoms with Crippen molar-refractivity contribution >= 4 is 16.8 Å². The van der Waals surface area contributed by atoms with Crippen LogP contribution in [0.4, 0.5) is 0 Å². The van der Waals surface area contributed by atoms with Crippen molar-refractivity contribution in [1.82, 2.24) is 9.88 Å². The molecule has 5 heteroatoms. The number of H-pyrrole nitrogens is 1. The number of nitrogens with zero attached hydrogens (tertiary/aromatic N) is 1. The molecule has 33 heavy (non-hydrogen) atoms. The molecule has 3 aromatic carbocycles. The lowest BCUT2D eigenvalue weighted by molar-refractivity contribution is -0.133. The van der Waals surface area contributed by atoms with E-state index in [1.165, 1.54) is 22.1 Å². The maximum atomic E-state index is 13.6. The molecule has 0 aliphatic carbocycles. The van der Waals surface area contributed by atoms with Gasteiger partial charge in [0, 0.05) is 29.6 Å². The van der Waals surface area contributed by atoms with Gasteiger partial charge in [-0.1, -0.05) is 48.5 Å². The number of carbonyl (C=O) groups excluding carboxylic acids is 1. The average Bonchev–Trinajstić information content (AvgIpc) is 3.46. The molecule has 0 bridgehead atoms. The number of para-hydroxylation sites is 1. The van der Waals surface area contributed by atoms with Crippen LogP contribution in [-0.4, -0.2) is 29.1 Å². The van der Waals surface area contributed by atoms with Crippen molar-refractivity contribution < 1.29 is 14.3 Å². The second kappa shape index (κ2) is 8.00. The Morgan fingerprint density at radius 1 is 1.03 bits per heavy atom. The zero-order chi connectivity index (χ0) is 22.4. The minimum Gasteiger partial charge on any atom is -0.454 e. The minimum absolute atomic E-state index is 0.105. The Labute approximate surface area is 192 Å². The number of fused-ring (bicyclic) bond motifs is 4. The lowest BCUT2D eigenvalue weighted by atomic mass is 9.89. The highest BCUT2D eigenvalue weighted by Gasteiger charge is 2.34.